The number of hydrogen-bond acceptors (Lipinski definition) is 4. The number of nitrogens with one attached hydrogen (secondary N) is 1. The van der Waals surface area contributed by atoms with Crippen molar-refractivity contribution in [3.05, 3.63) is 29.8 Å². The lowest BCUT2D eigenvalue weighted by atomic mass is 9.74. The fourth-order valence-corrected chi connectivity index (χ4v) is 3.15. The van der Waals surface area contributed by atoms with Crippen LogP contribution in [0.3, 0.4) is 0 Å². The zero-order valence-electron chi connectivity index (χ0n) is 11.5. The minimum absolute atomic E-state index is 0.0494. The third kappa shape index (κ3) is 3.76. The van der Waals surface area contributed by atoms with E-state index in [0.717, 1.165) is 11.3 Å². The van der Waals surface area contributed by atoms with Crippen molar-refractivity contribution in [1.82, 2.24) is 5.32 Å². The van der Waals surface area contributed by atoms with Crippen LogP contribution in [-0.2, 0) is 4.79 Å². The van der Waals surface area contributed by atoms with E-state index in [1.54, 1.807) is 18.2 Å². The molecule has 5 nitrogen and oxygen atoms in total. The maximum absolute atomic E-state index is 12.4. The van der Waals surface area contributed by atoms with Crippen molar-refractivity contribution in [2.75, 3.05) is 5.75 Å². The van der Waals surface area contributed by atoms with Crippen molar-refractivity contribution in [2.45, 2.75) is 36.1 Å². The van der Waals surface area contributed by atoms with Gasteiger partial charge >= 0.3 is 5.97 Å². The van der Waals surface area contributed by atoms with E-state index in [2.05, 4.69) is 5.32 Å². The smallest absolute Gasteiger partial charge is 0.305 e. The first-order chi connectivity index (χ1) is 10.1. The Hall–Kier alpha value is -2.00. The SMILES string of the molecule is N#CCSc1ccccc1C(=O)NC1(CC(=O)O)CCC1. The first-order valence-corrected chi connectivity index (χ1v) is 7.68. The molecule has 1 aliphatic carbocycles. The maximum atomic E-state index is 12.4. The van der Waals surface area contributed by atoms with E-state index in [4.69, 9.17) is 10.4 Å². The Bertz CT molecular complexity index is 591. The third-order valence-corrected chi connectivity index (χ3v) is 4.54. The number of carboxylic acids is 1. The van der Waals surface area contributed by atoms with Crippen molar-refractivity contribution in [3.63, 3.8) is 0 Å². The van der Waals surface area contributed by atoms with Gasteiger partial charge in [-0.3, -0.25) is 9.59 Å². The molecule has 0 aromatic heterocycles. The van der Waals surface area contributed by atoms with Crippen molar-refractivity contribution in [2.24, 2.45) is 0 Å². The zero-order valence-corrected chi connectivity index (χ0v) is 12.3. The van der Waals surface area contributed by atoms with Gasteiger partial charge in [-0.05, 0) is 31.4 Å². The summed E-state index contributed by atoms with van der Waals surface area (Å²) in [5.41, 5.74) is -0.120. The maximum Gasteiger partial charge on any atom is 0.305 e. The summed E-state index contributed by atoms with van der Waals surface area (Å²) >= 11 is 1.30. The van der Waals surface area contributed by atoms with Crippen LogP contribution in [0.5, 0.6) is 0 Å². The topological polar surface area (TPSA) is 90.2 Å². The molecule has 2 N–H and O–H groups in total. The van der Waals surface area contributed by atoms with Crippen molar-refractivity contribution >= 4 is 23.6 Å². The summed E-state index contributed by atoms with van der Waals surface area (Å²) in [6, 6.07) is 9.09. The largest absolute Gasteiger partial charge is 0.481 e. The third-order valence-electron chi connectivity index (χ3n) is 3.60. The number of rotatable bonds is 6. The molecule has 1 fully saturated rings. The molecule has 0 bridgehead atoms. The fourth-order valence-electron chi connectivity index (χ4n) is 2.44. The molecular formula is C15H16N2O3S. The first-order valence-electron chi connectivity index (χ1n) is 6.69. The number of thioether (sulfide) groups is 1. The molecule has 1 saturated carbocycles. The van der Waals surface area contributed by atoms with Crippen LogP contribution in [0, 0.1) is 11.3 Å². The van der Waals surface area contributed by atoms with E-state index in [1.165, 1.54) is 11.8 Å². The zero-order chi connectivity index (χ0) is 15.3. The Morgan fingerprint density at radius 1 is 1.38 bits per heavy atom. The summed E-state index contributed by atoms with van der Waals surface area (Å²) < 4.78 is 0. The summed E-state index contributed by atoms with van der Waals surface area (Å²) in [5.74, 6) is -0.899. The van der Waals surface area contributed by atoms with E-state index in [-0.39, 0.29) is 18.1 Å². The van der Waals surface area contributed by atoms with E-state index >= 15 is 0 Å². The highest BCUT2D eigenvalue weighted by Gasteiger charge is 2.40. The second kappa shape index (κ2) is 6.64. The minimum Gasteiger partial charge on any atom is -0.481 e. The molecule has 110 valence electrons. The van der Waals surface area contributed by atoms with Gasteiger partial charge in [-0.2, -0.15) is 5.26 Å². The molecule has 0 heterocycles. The van der Waals surface area contributed by atoms with Gasteiger partial charge in [0.25, 0.3) is 5.91 Å². The van der Waals surface area contributed by atoms with Crippen LogP contribution in [0.15, 0.2) is 29.2 Å². The van der Waals surface area contributed by atoms with Crippen LogP contribution in [0.25, 0.3) is 0 Å². The van der Waals surface area contributed by atoms with Crippen LogP contribution in [-0.4, -0.2) is 28.3 Å². The lowest BCUT2D eigenvalue weighted by Crippen LogP contribution is -2.54. The van der Waals surface area contributed by atoms with E-state index < -0.39 is 11.5 Å². The van der Waals surface area contributed by atoms with Crippen molar-refractivity contribution in [1.29, 1.82) is 5.26 Å². The Balaban J connectivity index is 2.13. The first kappa shape index (κ1) is 15.4. The van der Waals surface area contributed by atoms with Crippen LogP contribution in [0.4, 0.5) is 0 Å². The van der Waals surface area contributed by atoms with Crippen LogP contribution in [0.1, 0.15) is 36.0 Å². The number of benzene rings is 1. The second-order valence-corrected chi connectivity index (χ2v) is 6.12. The van der Waals surface area contributed by atoms with Gasteiger partial charge in [0.15, 0.2) is 0 Å². The summed E-state index contributed by atoms with van der Waals surface area (Å²) in [4.78, 5) is 24.1. The van der Waals surface area contributed by atoms with Crippen LogP contribution >= 0.6 is 11.8 Å². The standard InChI is InChI=1S/C15H16N2O3S/c16-8-9-21-12-5-2-1-4-11(12)14(20)17-15(6-3-7-15)10-13(18)19/h1-2,4-5H,3,6-7,9-10H2,(H,17,20)(H,18,19). The molecule has 1 aliphatic rings. The molecule has 0 saturated heterocycles. The van der Waals surface area contributed by atoms with E-state index in [1.807, 2.05) is 12.1 Å². The Morgan fingerprint density at radius 2 is 2.10 bits per heavy atom. The van der Waals surface area contributed by atoms with Crippen LogP contribution in [0.2, 0.25) is 0 Å². The minimum atomic E-state index is -0.901. The molecule has 1 amide bonds. The summed E-state index contributed by atoms with van der Waals surface area (Å²) in [5, 5.41) is 20.5. The highest BCUT2D eigenvalue weighted by atomic mass is 32.2. The number of nitriles is 1. The highest BCUT2D eigenvalue weighted by molar-refractivity contribution is 7.99. The predicted molar refractivity (Wildman–Crippen MR) is 79.1 cm³/mol. The number of carboxylic acid groups (broad SMARTS) is 1. The Kier molecular flexibility index (Phi) is 4.86. The molecule has 1 aromatic rings. The quantitative estimate of drug-likeness (QED) is 0.788. The lowest BCUT2D eigenvalue weighted by Gasteiger charge is -2.41. The van der Waals surface area contributed by atoms with E-state index in [0.29, 0.717) is 18.4 Å². The van der Waals surface area contributed by atoms with Crippen LogP contribution < -0.4 is 5.32 Å². The molecule has 0 spiro atoms. The number of carbonyl (C=O) groups excluding carboxylic acids is 1. The molecular weight excluding hydrogens is 288 g/mol. The van der Waals surface area contributed by atoms with Gasteiger partial charge in [-0.15, -0.1) is 11.8 Å². The van der Waals surface area contributed by atoms with Gasteiger partial charge in [0, 0.05) is 4.90 Å². The molecule has 1 aromatic carbocycles. The summed E-state index contributed by atoms with van der Waals surface area (Å²) in [6.07, 6.45) is 2.27. The molecule has 6 heteroatoms. The number of nitrogens with zero attached hydrogens (tertiary/aromatic N) is 1. The van der Waals surface area contributed by atoms with Gasteiger partial charge in [0.1, 0.15) is 0 Å². The average molecular weight is 304 g/mol. The summed E-state index contributed by atoms with van der Waals surface area (Å²) in [6.45, 7) is 0. The van der Waals surface area contributed by atoms with Gasteiger partial charge in [-0.25, -0.2) is 0 Å². The van der Waals surface area contributed by atoms with Gasteiger partial charge in [-0.1, -0.05) is 12.1 Å². The van der Waals surface area contributed by atoms with E-state index in [9.17, 15) is 9.59 Å². The van der Waals surface area contributed by atoms with Crippen molar-refractivity contribution in [3.8, 4) is 6.07 Å². The monoisotopic (exact) mass is 304 g/mol. The number of hydrogen-bond donors (Lipinski definition) is 2. The van der Waals surface area contributed by atoms with Gasteiger partial charge < -0.3 is 10.4 Å². The molecule has 21 heavy (non-hydrogen) atoms. The molecule has 0 radical (unpaired) electrons. The molecule has 0 aliphatic heterocycles. The van der Waals surface area contributed by atoms with Crippen molar-refractivity contribution < 1.29 is 14.7 Å². The Morgan fingerprint density at radius 3 is 2.67 bits per heavy atom. The van der Waals surface area contributed by atoms with Gasteiger partial charge in [0.05, 0.1) is 29.3 Å². The lowest BCUT2D eigenvalue weighted by molar-refractivity contribution is -0.139. The number of aliphatic carboxylic acids is 1. The molecule has 0 unspecified atom stereocenters. The normalized spacial score (nSPS) is 15.6. The highest BCUT2D eigenvalue weighted by Crippen LogP contribution is 2.35. The average Bonchev–Trinajstić information content (AvgIpc) is 2.42. The molecule has 0 atom stereocenters. The number of amides is 1. The predicted octanol–water partition coefficient (Wildman–Crippen LogP) is 2.43. The fraction of sp³-hybridized carbons (Fsp3) is 0.400. The summed E-state index contributed by atoms with van der Waals surface area (Å²) in [7, 11) is 0. The number of carbonyl (C=O) groups is 2. The van der Waals surface area contributed by atoms with Gasteiger partial charge in [0.2, 0.25) is 0 Å². The Labute approximate surface area is 127 Å². The second-order valence-electron chi connectivity index (χ2n) is 5.10. The molecule has 2 rings (SSSR count).